The van der Waals surface area contributed by atoms with Crippen LogP contribution in [0.3, 0.4) is 0 Å². The van der Waals surface area contributed by atoms with E-state index in [0.717, 1.165) is 0 Å². The second-order valence-corrected chi connectivity index (χ2v) is 33.2. The molecule has 12 saturated heterocycles. The molecule has 12 heterocycles. The lowest BCUT2D eigenvalue weighted by Crippen LogP contribution is -2.69. The lowest BCUT2D eigenvalue weighted by molar-refractivity contribution is -0.416. The van der Waals surface area contributed by atoms with E-state index >= 15 is 0 Å². The van der Waals surface area contributed by atoms with Crippen molar-refractivity contribution >= 4 is 0 Å². The maximum atomic E-state index is 12.4. The van der Waals surface area contributed by atoms with E-state index in [1.165, 1.54) is 41.5 Å². The van der Waals surface area contributed by atoms with Crippen molar-refractivity contribution in [3.63, 3.8) is 0 Å². The van der Waals surface area contributed by atoms with Gasteiger partial charge < -0.3 is 257 Å². The summed E-state index contributed by atoms with van der Waals surface area (Å²) in [6.45, 7) is 1.64. The van der Waals surface area contributed by atoms with E-state index in [1.54, 1.807) is 0 Å². The molecular weight excluding hydrogens is 1700 g/mol. The summed E-state index contributed by atoms with van der Waals surface area (Å²) in [5, 5.41) is 325. The summed E-state index contributed by atoms with van der Waals surface area (Å²) in [4.78, 5) is 0. The molecule has 1 unspecified atom stereocenters. The molecule has 0 radical (unpaired) electrons. The second kappa shape index (κ2) is 43.1. The van der Waals surface area contributed by atoms with Crippen LogP contribution < -0.4 is 0 Å². The third kappa shape index (κ3) is 21.3. The zero-order chi connectivity index (χ0) is 90.5. The molecule has 0 spiro atoms. The smallest absolute Gasteiger partial charge is 0.187 e. The average molecular weight is 1820 g/mol. The van der Waals surface area contributed by atoms with Gasteiger partial charge in [-0.05, 0) is 41.5 Å². The van der Waals surface area contributed by atoms with Crippen molar-refractivity contribution in [1.82, 2.24) is 0 Å². The van der Waals surface area contributed by atoms with Gasteiger partial charge in [0.05, 0.1) is 94.6 Å². The standard InChI is InChI=1S/C72H122O52/c1-16-22(79)7-25(82)62(103-16)119-55-37(88)31(13-76)111-70(58(55)122-67-45(96)40(91)34(85)28(10-73)108-67)115-51-20(5)106-65(46(97)42(51)93)118-54-36(87)30(12-75)110-69(49(54)100)124-60-57(121-64-27(84)9-24(81)18(3)105-64)39(90)33(15-78)113-72(60)116-52-21(6)107-66(47(98)43(52)94)117-53-35(86)29(11-74)109-68(48(53)99)123-59-56(120-63-26(83)8-23(80)17(2)104-63)38(89)32(14-77)112-71(59)114-50-19(4)102-61(101)44(95)41(50)92/h16-101H,7-15H2,1-6H3/t16-,17-,18-,19+,20+,21+,22-,23-,24-,25-,26-,27-,28-,29-,30-,31-,32-,33-,34+,35+,36+,37-,38-,39-,40+,41+,42+,43+,44-,45-,46-,47-,48-,49-,50+,51+,52+,53+,54+,55+,56+,57+,58+,59+,60+,61?,62-,63-,64-,65+,66+,67-,68-,69-,70-,71-,72-/m1/s1. The van der Waals surface area contributed by atoms with Gasteiger partial charge >= 0.3 is 0 Å². The van der Waals surface area contributed by atoms with Crippen molar-refractivity contribution in [2.75, 3.05) is 39.6 Å². The molecule has 0 aromatic rings. The van der Waals surface area contributed by atoms with E-state index in [9.17, 15) is 148 Å². The zero-order valence-electron chi connectivity index (χ0n) is 67.6. The largest absolute Gasteiger partial charge is 0.394 e. The van der Waals surface area contributed by atoms with Crippen LogP contribution in [0.5, 0.6) is 0 Å². The van der Waals surface area contributed by atoms with Gasteiger partial charge in [0.2, 0.25) is 0 Å². The first-order chi connectivity index (χ1) is 58.7. The van der Waals surface area contributed by atoms with Gasteiger partial charge in [-0.1, -0.05) is 0 Å². The fraction of sp³-hybridized carbons (Fsp3) is 1.00. The van der Waals surface area contributed by atoms with Crippen molar-refractivity contribution < 1.29 is 257 Å². The second-order valence-electron chi connectivity index (χ2n) is 33.2. The van der Waals surface area contributed by atoms with E-state index in [-0.39, 0.29) is 12.8 Å². The van der Waals surface area contributed by atoms with Crippen LogP contribution in [0, 0.1) is 0 Å². The fourth-order valence-corrected chi connectivity index (χ4v) is 16.9. The third-order valence-electron chi connectivity index (χ3n) is 24.5. The summed E-state index contributed by atoms with van der Waals surface area (Å²) < 4.78 is 138. The van der Waals surface area contributed by atoms with E-state index in [2.05, 4.69) is 0 Å². The van der Waals surface area contributed by atoms with Crippen molar-refractivity contribution in [2.45, 2.75) is 411 Å². The number of hydrogen-bond donors (Lipinski definition) is 29. The highest BCUT2D eigenvalue weighted by Gasteiger charge is 2.63. The molecule has 0 saturated carbocycles. The molecule has 0 aromatic heterocycles. The quantitative estimate of drug-likeness (QED) is 0.0346. The van der Waals surface area contributed by atoms with Gasteiger partial charge in [-0.25, -0.2) is 0 Å². The van der Waals surface area contributed by atoms with E-state index in [4.69, 9.17) is 109 Å². The Kier molecular flexibility index (Phi) is 35.1. The van der Waals surface area contributed by atoms with Gasteiger partial charge in [-0.15, -0.1) is 0 Å². The number of ether oxygens (including phenoxy) is 23. The normalized spacial score (nSPS) is 55.0. The minimum atomic E-state index is -2.42. The van der Waals surface area contributed by atoms with Gasteiger partial charge in [0.1, 0.15) is 220 Å². The molecule has 52 heteroatoms. The van der Waals surface area contributed by atoms with Crippen LogP contribution in [-0.4, -0.2) is 538 Å². The maximum Gasteiger partial charge on any atom is 0.187 e. The van der Waals surface area contributed by atoms with E-state index < -0.39 is 396 Å². The molecule has 124 heavy (non-hydrogen) atoms. The Morgan fingerprint density at radius 1 is 0.169 bits per heavy atom. The SMILES string of the molecule is C[C@@H]1OC(O)[C@H](O)[C@H](O)[C@H]1O[C@H]1O[C@H](CO)[C@@H](O)[C@H](O[C@H]2O[C@H](C)[C@H](O)C[C@H]2O)[C@@H]1O[C@H]1O[C@H](CO)[C@H](O)[C@H](O[C@@H]2O[C@@H](C)[C@H](O[C@H]3O[C@H](CO)[C@@H](O)[C@H](O[C@H]4O[C@H](C)[C@H](O)C[C@H]4O)[C@@H]3O[C@H]3O[C@H](CO)[C@H](O)[C@H](O[C@@H]4O[C@@H](C)[C@H](O[C@H]5O[C@H](CO)[C@@H](O)[C@H](O[C@H]6O[C@H](C)[C@H](O)C[C@H]6O)[C@@H]5O[C@H]5O[C@H](CO)[C@H](O)[C@H](O)[C@H]5O)[C@@H](O)[C@H]4O)[C@H]3O)[C@@H](O)[C@H]2O)[C@H]1O. The number of rotatable bonds is 28. The van der Waals surface area contributed by atoms with Gasteiger partial charge in [0.15, 0.2) is 75.5 Å². The highest BCUT2D eigenvalue weighted by molar-refractivity contribution is 5.04. The highest BCUT2D eigenvalue weighted by atomic mass is 16.8. The highest BCUT2D eigenvalue weighted by Crippen LogP contribution is 2.43. The summed E-state index contributed by atoms with van der Waals surface area (Å²) >= 11 is 0. The first-order valence-corrected chi connectivity index (χ1v) is 41.0. The molecule has 0 aliphatic carbocycles. The lowest BCUT2D eigenvalue weighted by Gasteiger charge is -2.51. The van der Waals surface area contributed by atoms with Crippen molar-refractivity contribution in [3.8, 4) is 0 Å². The summed E-state index contributed by atoms with van der Waals surface area (Å²) in [6.07, 6.45) is -109. The van der Waals surface area contributed by atoms with Gasteiger partial charge in [-0.3, -0.25) is 0 Å². The topological polar surface area (TPSA) is 799 Å². The van der Waals surface area contributed by atoms with Crippen LogP contribution in [0.25, 0.3) is 0 Å². The van der Waals surface area contributed by atoms with E-state index in [1.807, 2.05) is 0 Å². The molecule has 12 aliphatic heterocycles. The molecule has 29 N–H and O–H groups in total. The van der Waals surface area contributed by atoms with E-state index in [0.29, 0.717) is 0 Å². The lowest BCUT2D eigenvalue weighted by atomic mass is 9.95. The van der Waals surface area contributed by atoms with Gasteiger partial charge in [0.25, 0.3) is 0 Å². The summed E-state index contributed by atoms with van der Waals surface area (Å²) in [7, 11) is 0. The molecule has 12 fully saturated rings. The minimum absolute atomic E-state index is 0.328. The van der Waals surface area contributed by atoms with Crippen LogP contribution >= 0.6 is 0 Å². The Morgan fingerprint density at radius 2 is 0.379 bits per heavy atom. The molecule has 57 atom stereocenters. The molecular formula is C72H122O52. The number of aliphatic hydroxyl groups excluding tert-OH is 29. The number of aliphatic hydroxyl groups is 29. The van der Waals surface area contributed by atoms with Gasteiger partial charge in [-0.2, -0.15) is 0 Å². The van der Waals surface area contributed by atoms with Gasteiger partial charge in [0, 0.05) is 19.3 Å². The predicted octanol–water partition coefficient (Wildman–Crippen LogP) is -17.9. The monoisotopic (exact) mass is 1820 g/mol. The molecule has 12 rings (SSSR count). The molecule has 0 aromatic carbocycles. The first-order valence-electron chi connectivity index (χ1n) is 41.0. The molecule has 0 amide bonds. The average Bonchev–Trinajstić information content (AvgIpc) is 0.767. The first kappa shape index (κ1) is 101. The third-order valence-corrected chi connectivity index (χ3v) is 24.5. The van der Waals surface area contributed by atoms with Crippen molar-refractivity contribution in [2.24, 2.45) is 0 Å². The Morgan fingerprint density at radius 3 is 0.677 bits per heavy atom. The van der Waals surface area contributed by atoms with Crippen LogP contribution in [-0.2, 0) is 109 Å². The van der Waals surface area contributed by atoms with Crippen LogP contribution in [0.15, 0.2) is 0 Å². The fourth-order valence-electron chi connectivity index (χ4n) is 16.9. The van der Waals surface area contributed by atoms with Crippen LogP contribution in [0.1, 0.15) is 60.8 Å². The molecule has 0 bridgehead atoms. The maximum absolute atomic E-state index is 12.4. The Bertz CT molecular complexity index is 3230. The van der Waals surface area contributed by atoms with Crippen LogP contribution in [0.2, 0.25) is 0 Å². The minimum Gasteiger partial charge on any atom is -0.394 e. The van der Waals surface area contributed by atoms with Crippen LogP contribution in [0.4, 0.5) is 0 Å². The predicted molar refractivity (Wildman–Crippen MR) is 382 cm³/mol. The Balaban J connectivity index is 0.780. The summed E-state index contributed by atoms with van der Waals surface area (Å²) in [5.74, 6) is 0. The van der Waals surface area contributed by atoms with Crippen molar-refractivity contribution in [1.29, 1.82) is 0 Å². The zero-order valence-corrected chi connectivity index (χ0v) is 67.6. The molecule has 722 valence electrons. The van der Waals surface area contributed by atoms with Crippen molar-refractivity contribution in [3.05, 3.63) is 0 Å². The Hall–Kier alpha value is -2.08. The molecule has 12 aliphatic rings. The molecule has 52 nitrogen and oxygen atoms in total. The summed E-state index contributed by atoms with van der Waals surface area (Å²) in [6, 6.07) is 0. The number of hydrogen-bond acceptors (Lipinski definition) is 52. The summed E-state index contributed by atoms with van der Waals surface area (Å²) in [5.41, 5.74) is 0. The Labute approximate surface area is 705 Å².